The van der Waals surface area contributed by atoms with Crippen LogP contribution in [-0.4, -0.2) is 24.3 Å². The quantitative estimate of drug-likeness (QED) is 0.292. The minimum atomic E-state index is -0.614. The van der Waals surface area contributed by atoms with Crippen molar-refractivity contribution < 1.29 is 19.0 Å². The molecule has 0 spiro atoms. The Balaban J connectivity index is 1.53. The smallest absolute Gasteiger partial charge is 0.338 e. The van der Waals surface area contributed by atoms with Crippen LogP contribution < -0.4 is 24.4 Å². The topological polar surface area (TPSA) is 103 Å². The number of esters is 1. The highest BCUT2D eigenvalue weighted by Gasteiger charge is 2.33. The molecule has 0 aliphatic carbocycles. The van der Waals surface area contributed by atoms with Crippen LogP contribution in [0.4, 0.5) is 0 Å². The molecule has 202 valence electrons. The van der Waals surface area contributed by atoms with Gasteiger partial charge in [0.1, 0.15) is 12.6 Å². The number of carbonyl (C=O) groups excluding carboxylic acids is 1. The van der Waals surface area contributed by atoms with Crippen molar-refractivity contribution in [1.29, 1.82) is 5.26 Å². The highest BCUT2D eigenvalue weighted by molar-refractivity contribution is 7.10. The van der Waals surface area contributed by atoms with Crippen LogP contribution in [0.15, 0.2) is 81.0 Å². The van der Waals surface area contributed by atoms with E-state index in [0.717, 1.165) is 16.0 Å². The lowest BCUT2D eigenvalue weighted by atomic mass is 10.0. The molecule has 5 rings (SSSR count). The first-order valence-corrected chi connectivity index (χ1v) is 14.2. The van der Waals surface area contributed by atoms with E-state index >= 15 is 0 Å². The van der Waals surface area contributed by atoms with E-state index in [1.165, 1.54) is 29.8 Å². The van der Waals surface area contributed by atoms with Gasteiger partial charge in [0.25, 0.3) is 5.56 Å². The van der Waals surface area contributed by atoms with Gasteiger partial charge in [0.15, 0.2) is 16.3 Å². The molecular formula is C30H25N3O5S2. The Bertz CT molecular complexity index is 1830. The summed E-state index contributed by atoms with van der Waals surface area (Å²) in [6.07, 6.45) is 1.78. The number of aromatic nitrogens is 1. The molecule has 0 N–H and O–H groups in total. The molecule has 4 aromatic rings. The number of thiophene rings is 1. The van der Waals surface area contributed by atoms with Crippen molar-refractivity contribution in [3.05, 3.63) is 113 Å². The zero-order chi connectivity index (χ0) is 28.2. The average molecular weight is 572 g/mol. The fraction of sp³-hybridized carbons (Fsp3) is 0.200. The zero-order valence-corrected chi connectivity index (χ0v) is 23.7. The van der Waals surface area contributed by atoms with E-state index < -0.39 is 12.0 Å². The van der Waals surface area contributed by atoms with Crippen molar-refractivity contribution in [1.82, 2.24) is 4.57 Å². The number of methoxy groups -OCH3 is 1. The van der Waals surface area contributed by atoms with Crippen LogP contribution in [-0.2, 0) is 16.1 Å². The monoisotopic (exact) mass is 571 g/mol. The second-order valence-electron chi connectivity index (χ2n) is 8.79. The Hall–Kier alpha value is -4.46. The highest BCUT2D eigenvalue weighted by atomic mass is 32.1. The molecule has 1 atom stereocenters. The highest BCUT2D eigenvalue weighted by Crippen LogP contribution is 2.33. The van der Waals surface area contributed by atoms with E-state index in [1.807, 2.05) is 54.8 Å². The molecule has 0 saturated heterocycles. The van der Waals surface area contributed by atoms with Gasteiger partial charge in [-0.15, -0.1) is 11.3 Å². The number of benzene rings is 2. The number of allylic oxidation sites excluding steroid dienone is 1. The molecule has 1 unspecified atom stereocenters. The minimum absolute atomic E-state index is 0.215. The molecule has 0 fully saturated rings. The van der Waals surface area contributed by atoms with Gasteiger partial charge in [0.2, 0.25) is 0 Å². The van der Waals surface area contributed by atoms with Gasteiger partial charge in [0.05, 0.1) is 41.2 Å². The van der Waals surface area contributed by atoms with E-state index in [2.05, 4.69) is 11.1 Å². The van der Waals surface area contributed by atoms with E-state index in [-0.39, 0.29) is 12.2 Å². The molecule has 0 radical (unpaired) electrons. The van der Waals surface area contributed by atoms with Crippen LogP contribution in [0.25, 0.3) is 6.08 Å². The predicted molar refractivity (Wildman–Crippen MR) is 153 cm³/mol. The summed E-state index contributed by atoms with van der Waals surface area (Å²) in [4.78, 5) is 32.4. The van der Waals surface area contributed by atoms with Crippen molar-refractivity contribution in [2.75, 3.05) is 13.7 Å². The lowest BCUT2D eigenvalue weighted by Crippen LogP contribution is -2.39. The first kappa shape index (κ1) is 27.1. The fourth-order valence-electron chi connectivity index (χ4n) is 4.47. The van der Waals surface area contributed by atoms with E-state index in [9.17, 15) is 14.9 Å². The number of fused-ring (bicyclic) bond motifs is 1. The molecule has 3 heterocycles. The molecular weight excluding hydrogens is 546 g/mol. The molecule has 10 heteroatoms. The van der Waals surface area contributed by atoms with E-state index in [0.29, 0.717) is 44.3 Å². The number of thiazole rings is 1. The van der Waals surface area contributed by atoms with Crippen molar-refractivity contribution in [2.24, 2.45) is 4.99 Å². The van der Waals surface area contributed by atoms with Gasteiger partial charge in [-0.1, -0.05) is 41.7 Å². The summed E-state index contributed by atoms with van der Waals surface area (Å²) in [5.41, 5.74) is 2.70. The maximum absolute atomic E-state index is 13.7. The summed E-state index contributed by atoms with van der Waals surface area (Å²) in [6.45, 7) is 4.27. The number of nitrogens with zero attached hydrogens (tertiary/aromatic N) is 3. The Morgan fingerprint density at radius 1 is 1.15 bits per heavy atom. The Labute approximate surface area is 238 Å². The Morgan fingerprint density at radius 3 is 2.70 bits per heavy atom. The Kier molecular flexibility index (Phi) is 7.96. The van der Waals surface area contributed by atoms with Crippen molar-refractivity contribution in [3.8, 4) is 17.6 Å². The molecule has 0 saturated carbocycles. The fourth-order valence-corrected chi connectivity index (χ4v) is 6.34. The van der Waals surface area contributed by atoms with Crippen molar-refractivity contribution in [3.63, 3.8) is 0 Å². The van der Waals surface area contributed by atoms with Crippen LogP contribution >= 0.6 is 22.7 Å². The summed E-state index contributed by atoms with van der Waals surface area (Å²) in [5, 5.41) is 11.3. The van der Waals surface area contributed by atoms with Gasteiger partial charge in [-0.05, 0) is 55.1 Å². The van der Waals surface area contributed by atoms with Gasteiger partial charge in [0, 0.05) is 10.4 Å². The van der Waals surface area contributed by atoms with E-state index in [4.69, 9.17) is 14.2 Å². The lowest BCUT2D eigenvalue weighted by molar-refractivity contribution is -0.136. The Morgan fingerprint density at radius 2 is 1.98 bits per heavy atom. The molecule has 1 aliphatic rings. The van der Waals surface area contributed by atoms with Crippen LogP contribution in [0.2, 0.25) is 0 Å². The predicted octanol–water partition coefficient (Wildman–Crippen LogP) is 4.32. The second kappa shape index (κ2) is 11.7. The molecule has 2 aromatic carbocycles. The minimum Gasteiger partial charge on any atom is -0.490 e. The first-order chi connectivity index (χ1) is 19.4. The summed E-state index contributed by atoms with van der Waals surface area (Å²) < 4.78 is 18.9. The van der Waals surface area contributed by atoms with Crippen LogP contribution in [0.5, 0.6) is 11.5 Å². The maximum atomic E-state index is 13.7. The normalized spacial score (nSPS) is 14.8. The van der Waals surface area contributed by atoms with Gasteiger partial charge >= 0.3 is 5.97 Å². The molecule has 1 aliphatic heterocycles. The molecule has 0 amide bonds. The van der Waals surface area contributed by atoms with Crippen molar-refractivity contribution >= 4 is 34.7 Å². The van der Waals surface area contributed by atoms with Crippen molar-refractivity contribution in [2.45, 2.75) is 26.5 Å². The third-order valence-corrected chi connectivity index (χ3v) is 8.23. The number of hydrogen-bond acceptors (Lipinski definition) is 9. The summed E-state index contributed by atoms with van der Waals surface area (Å²) in [6, 6.07) is 18.1. The number of nitriles is 1. The second-order valence-corrected chi connectivity index (χ2v) is 10.8. The van der Waals surface area contributed by atoms with Crippen LogP contribution in [0, 0.1) is 11.3 Å². The average Bonchev–Trinajstić information content (AvgIpc) is 3.60. The number of ether oxygens (including phenoxy) is 3. The lowest BCUT2D eigenvalue weighted by Gasteiger charge is -2.22. The largest absolute Gasteiger partial charge is 0.490 e. The van der Waals surface area contributed by atoms with Gasteiger partial charge in [-0.2, -0.15) is 5.26 Å². The number of carbonyl (C=O) groups is 1. The van der Waals surface area contributed by atoms with Crippen LogP contribution in [0.3, 0.4) is 0 Å². The zero-order valence-electron chi connectivity index (χ0n) is 22.0. The first-order valence-electron chi connectivity index (χ1n) is 12.5. The summed E-state index contributed by atoms with van der Waals surface area (Å²) >= 11 is 2.73. The molecule has 40 heavy (non-hydrogen) atoms. The van der Waals surface area contributed by atoms with Gasteiger partial charge < -0.3 is 14.2 Å². The summed E-state index contributed by atoms with van der Waals surface area (Å²) in [7, 11) is 1.32. The number of hydrogen-bond donors (Lipinski definition) is 0. The van der Waals surface area contributed by atoms with Gasteiger partial charge in [-0.3, -0.25) is 9.36 Å². The standard InChI is InChI=1S/C30H25N3O5S2/c1-4-37-23-14-19(11-12-22(23)38-17-21-9-6-5-8-20(21)16-31)15-25-28(34)33-27(24-10-7-13-39-24)26(29(35)36-3)18(2)32-30(33)40-25/h5-15,27H,4,17H2,1-3H3. The van der Waals surface area contributed by atoms with Crippen LogP contribution in [0.1, 0.15) is 41.5 Å². The molecule has 2 aromatic heterocycles. The number of rotatable bonds is 8. The van der Waals surface area contributed by atoms with E-state index in [1.54, 1.807) is 29.7 Å². The summed E-state index contributed by atoms with van der Waals surface area (Å²) in [5.74, 6) is 0.547. The third kappa shape index (κ3) is 5.21. The van der Waals surface area contributed by atoms with Gasteiger partial charge in [-0.25, -0.2) is 9.79 Å². The molecule has 0 bridgehead atoms. The maximum Gasteiger partial charge on any atom is 0.338 e. The SMILES string of the molecule is CCOc1cc(C=c2sc3n(c2=O)C(c2cccs2)C(C(=O)OC)=C(C)N=3)ccc1OCc1ccccc1C#N. The third-order valence-electron chi connectivity index (χ3n) is 6.33. The molecule has 8 nitrogen and oxygen atoms in total.